The summed E-state index contributed by atoms with van der Waals surface area (Å²) in [6.07, 6.45) is 3.02. The van der Waals surface area contributed by atoms with E-state index >= 15 is 0 Å². The molecule has 2 saturated heterocycles. The minimum Gasteiger partial charge on any atom is -0.493 e. The average Bonchev–Trinajstić information content (AvgIpc) is 2.90. The molecule has 0 radical (unpaired) electrons. The fraction of sp³-hybridized carbons (Fsp3) is 0.562. The minimum atomic E-state index is -0.133. The fourth-order valence-corrected chi connectivity index (χ4v) is 3.39. The van der Waals surface area contributed by atoms with Crippen LogP contribution >= 0.6 is 0 Å². The molecule has 1 amide bonds. The molecule has 2 fully saturated rings. The van der Waals surface area contributed by atoms with Crippen LogP contribution in [-0.4, -0.2) is 44.7 Å². The Labute approximate surface area is 130 Å². The number of rotatable bonds is 4. The topological polar surface area (TPSA) is 60.0 Å². The number of carbonyl (C=O) groups is 1. The predicted molar refractivity (Wildman–Crippen MR) is 81.3 cm³/mol. The van der Waals surface area contributed by atoms with E-state index in [1.54, 1.807) is 21.3 Å². The highest BCUT2D eigenvalue weighted by molar-refractivity contribution is 5.84. The van der Waals surface area contributed by atoms with E-state index in [0.29, 0.717) is 17.2 Å². The van der Waals surface area contributed by atoms with Crippen LogP contribution in [0.2, 0.25) is 0 Å². The zero-order chi connectivity index (χ0) is 15.7. The summed E-state index contributed by atoms with van der Waals surface area (Å²) in [6.45, 7) is 0.921. The predicted octanol–water partition coefficient (Wildman–Crippen LogP) is 1.70. The van der Waals surface area contributed by atoms with E-state index in [4.69, 9.17) is 14.2 Å². The Balaban J connectivity index is 1.99. The second kappa shape index (κ2) is 6.04. The molecule has 1 N–H and O–H groups in total. The van der Waals surface area contributed by atoms with Crippen LogP contribution in [0.25, 0.3) is 0 Å². The Kier molecular flexibility index (Phi) is 4.11. The molecule has 0 bridgehead atoms. The van der Waals surface area contributed by atoms with Crippen LogP contribution in [0.4, 0.5) is 0 Å². The first kappa shape index (κ1) is 15.0. The number of hydrogen-bond acceptors (Lipinski definition) is 5. The molecule has 6 nitrogen and oxygen atoms in total. The molecule has 2 atom stereocenters. The lowest BCUT2D eigenvalue weighted by Crippen LogP contribution is -2.38. The summed E-state index contributed by atoms with van der Waals surface area (Å²) in [6, 6.07) is 3.80. The normalized spacial score (nSPS) is 24.6. The molecule has 6 heteroatoms. The first-order valence-corrected chi connectivity index (χ1v) is 7.55. The van der Waals surface area contributed by atoms with Gasteiger partial charge >= 0.3 is 0 Å². The molecular formula is C16H22N2O4. The summed E-state index contributed by atoms with van der Waals surface area (Å²) in [5.74, 6) is 1.88. The maximum absolute atomic E-state index is 12.2. The molecule has 0 aromatic heterocycles. The van der Waals surface area contributed by atoms with E-state index in [2.05, 4.69) is 10.2 Å². The number of ether oxygens (including phenoxy) is 3. The van der Waals surface area contributed by atoms with Crippen LogP contribution in [0.15, 0.2) is 12.1 Å². The highest BCUT2D eigenvalue weighted by Gasteiger charge is 2.41. The lowest BCUT2D eigenvalue weighted by molar-refractivity contribution is -0.122. The largest absolute Gasteiger partial charge is 0.493 e. The van der Waals surface area contributed by atoms with Crippen molar-refractivity contribution in [1.29, 1.82) is 0 Å². The van der Waals surface area contributed by atoms with Crippen LogP contribution in [-0.2, 0) is 4.79 Å². The smallest absolute Gasteiger partial charge is 0.238 e. The van der Waals surface area contributed by atoms with Crippen molar-refractivity contribution >= 4 is 5.91 Å². The molecule has 2 unspecified atom stereocenters. The molecule has 1 aromatic rings. The quantitative estimate of drug-likeness (QED) is 0.917. The van der Waals surface area contributed by atoms with Crippen molar-refractivity contribution in [3.05, 3.63) is 17.7 Å². The van der Waals surface area contributed by atoms with Gasteiger partial charge in [0.05, 0.1) is 27.4 Å². The molecule has 120 valence electrons. The number of nitrogens with one attached hydrogen (secondary N) is 1. The Morgan fingerprint density at radius 2 is 1.77 bits per heavy atom. The summed E-state index contributed by atoms with van der Waals surface area (Å²) in [4.78, 5) is 14.4. The molecule has 2 aliphatic heterocycles. The molecule has 22 heavy (non-hydrogen) atoms. The van der Waals surface area contributed by atoms with Gasteiger partial charge in [-0.2, -0.15) is 0 Å². The van der Waals surface area contributed by atoms with Crippen molar-refractivity contribution in [1.82, 2.24) is 10.2 Å². The van der Waals surface area contributed by atoms with Crippen LogP contribution in [0.5, 0.6) is 17.2 Å². The van der Waals surface area contributed by atoms with E-state index in [-0.39, 0.29) is 18.1 Å². The van der Waals surface area contributed by atoms with Gasteiger partial charge in [-0.25, -0.2) is 0 Å². The third-order valence-corrected chi connectivity index (χ3v) is 4.46. The maximum atomic E-state index is 12.2. The van der Waals surface area contributed by atoms with Gasteiger partial charge in [-0.15, -0.1) is 0 Å². The number of hydrogen-bond donors (Lipinski definition) is 1. The Morgan fingerprint density at radius 1 is 1.09 bits per heavy atom. The third-order valence-electron chi connectivity index (χ3n) is 4.46. The van der Waals surface area contributed by atoms with Gasteiger partial charge < -0.3 is 19.5 Å². The van der Waals surface area contributed by atoms with Gasteiger partial charge in [-0.1, -0.05) is 6.42 Å². The van der Waals surface area contributed by atoms with Crippen LogP contribution < -0.4 is 19.5 Å². The van der Waals surface area contributed by atoms with Gasteiger partial charge in [-0.3, -0.25) is 9.69 Å². The van der Waals surface area contributed by atoms with Crippen LogP contribution in [0.3, 0.4) is 0 Å². The van der Waals surface area contributed by atoms with Crippen molar-refractivity contribution in [2.45, 2.75) is 31.5 Å². The molecule has 0 aliphatic carbocycles. The number of amides is 1. The number of piperidine rings is 1. The van der Waals surface area contributed by atoms with Gasteiger partial charge in [0.2, 0.25) is 11.7 Å². The molecule has 0 spiro atoms. The van der Waals surface area contributed by atoms with Crippen LogP contribution in [0, 0.1) is 0 Å². The number of carbonyl (C=O) groups excluding carboxylic acids is 1. The molecule has 2 aliphatic rings. The van der Waals surface area contributed by atoms with E-state index < -0.39 is 0 Å². The maximum Gasteiger partial charge on any atom is 0.238 e. The minimum absolute atomic E-state index is 0.0159. The first-order chi connectivity index (χ1) is 10.7. The molecular weight excluding hydrogens is 284 g/mol. The lowest BCUT2D eigenvalue weighted by Gasteiger charge is -2.31. The Hall–Kier alpha value is -1.95. The molecule has 1 aromatic carbocycles. The number of fused-ring (bicyclic) bond motifs is 1. The standard InChI is InChI=1S/C16H22N2O4/c1-20-12-8-10(9-13(21-2)14(12)22-3)15-17-16(19)11-6-4-5-7-18(11)15/h8-9,11,15H,4-7H2,1-3H3,(H,17,19). The Bertz CT molecular complexity index is 550. The molecule has 0 saturated carbocycles. The summed E-state index contributed by atoms with van der Waals surface area (Å²) < 4.78 is 16.2. The fourth-order valence-electron chi connectivity index (χ4n) is 3.39. The van der Waals surface area contributed by atoms with Gasteiger partial charge in [0.15, 0.2) is 11.5 Å². The highest BCUT2D eigenvalue weighted by Crippen LogP contribution is 2.42. The Morgan fingerprint density at radius 3 is 2.36 bits per heavy atom. The van der Waals surface area contributed by atoms with Gasteiger partial charge in [0, 0.05) is 6.54 Å². The summed E-state index contributed by atoms with van der Waals surface area (Å²) >= 11 is 0. The number of benzene rings is 1. The van der Waals surface area contributed by atoms with E-state index in [0.717, 1.165) is 31.4 Å². The van der Waals surface area contributed by atoms with Gasteiger partial charge in [-0.05, 0) is 30.5 Å². The second-order valence-electron chi connectivity index (χ2n) is 5.62. The van der Waals surface area contributed by atoms with Crippen molar-refractivity contribution in [3.63, 3.8) is 0 Å². The number of nitrogens with zero attached hydrogens (tertiary/aromatic N) is 1. The SMILES string of the molecule is COc1cc(C2NC(=O)C3CCCCN32)cc(OC)c1OC. The highest BCUT2D eigenvalue weighted by atomic mass is 16.5. The van der Waals surface area contributed by atoms with Gasteiger partial charge in [0.25, 0.3) is 0 Å². The second-order valence-corrected chi connectivity index (χ2v) is 5.62. The summed E-state index contributed by atoms with van der Waals surface area (Å²) in [7, 11) is 4.77. The van der Waals surface area contributed by atoms with E-state index in [1.807, 2.05) is 12.1 Å². The van der Waals surface area contributed by atoms with Crippen LogP contribution in [0.1, 0.15) is 31.0 Å². The lowest BCUT2D eigenvalue weighted by atomic mass is 10.0. The monoisotopic (exact) mass is 306 g/mol. The zero-order valence-electron chi connectivity index (χ0n) is 13.2. The zero-order valence-corrected chi connectivity index (χ0v) is 13.2. The van der Waals surface area contributed by atoms with Crippen molar-refractivity contribution in [3.8, 4) is 17.2 Å². The third kappa shape index (κ3) is 2.37. The van der Waals surface area contributed by atoms with Gasteiger partial charge in [0.1, 0.15) is 6.17 Å². The van der Waals surface area contributed by atoms with E-state index in [1.165, 1.54) is 0 Å². The molecule has 3 rings (SSSR count). The number of methoxy groups -OCH3 is 3. The summed E-state index contributed by atoms with van der Waals surface area (Å²) in [5, 5.41) is 3.09. The summed E-state index contributed by atoms with van der Waals surface area (Å²) in [5.41, 5.74) is 0.951. The first-order valence-electron chi connectivity index (χ1n) is 7.55. The van der Waals surface area contributed by atoms with Crippen molar-refractivity contribution in [2.24, 2.45) is 0 Å². The molecule has 2 heterocycles. The average molecular weight is 306 g/mol. The van der Waals surface area contributed by atoms with E-state index in [9.17, 15) is 4.79 Å². The van der Waals surface area contributed by atoms with Crippen molar-refractivity contribution < 1.29 is 19.0 Å². The van der Waals surface area contributed by atoms with Crippen molar-refractivity contribution in [2.75, 3.05) is 27.9 Å².